The Morgan fingerprint density at radius 2 is 2.11 bits per heavy atom. The van der Waals surface area contributed by atoms with Crippen LogP contribution in [0.3, 0.4) is 0 Å². The lowest BCUT2D eigenvalue weighted by Gasteiger charge is -2.07. The van der Waals surface area contributed by atoms with E-state index in [1.54, 1.807) is 36.5 Å². The summed E-state index contributed by atoms with van der Waals surface area (Å²) in [5, 5.41) is 1.01. The third-order valence-electron chi connectivity index (χ3n) is 2.62. The van der Waals surface area contributed by atoms with Gasteiger partial charge in [0.05, 0.1) is 7.11 Å². The largest absolute Gasteiger partial charge is 0.494 e. The smallest absolute Gasteiger partial charge is 0.189 e. The average Bonchev–Trinajstić information content (AvgIpc) is 2.41. The number of hydrogen-bond acceptors (Lipinski definition) is 3. The summed E-state index contributed by atoms with van der Waals surface area (Å²) in [5.74, 6) is 0.305. The van der Waals surface area contributed by atoms with Crippen molar-refractivity contribution in [2.45, 2.75) is 6.42 Å². The lowest BCUT2D eigenvalue weighted by Crippen LogP contribution is -2.08. The number of ether oxygens (including phenoxy) is 1. The van der Waals surface area contributed by atoms with E-state index in [0.29, 0.717) is 27.1 Å². The molecule has 0 radical (unpaired) electrons. The Kier molecular flexibility index (Phi) is 4.40. The second-order valence-corrected chi connectivity index (χ2v) is 4.73. The minimum absolute atomic E-state index is 0.151. The summed E-state index contributed by atoms with van der Waals surface area (Å²) in [5.41, 5.74) is 1.01. The second kappa shape index (κ2) is 6.04. The van der Waals surface area contributed by atoms with Gasteiger partial charge >= 0.3 is 0 Å². The summed E-state index contributed by atoms with van der Waals surface area (Å²) in [6.45, 7) is 0. The zero-order chi connectivity index (χ0) is 13.8. The van der Waals surface area contributed by atoms with Gasteiger partial charge in [-0.3, -0.25) is 4.79 Å². The van der Waals surface area contributed by atoms with Crippen LogP contribution in [0.25, 0.3) is 0 Å². The van der Waals surface area contributed by atoms with Crippen molar-refractivity contribution in [3.63, 3.8) is 0 Å². The van der Waals surface area contributed by atoms with Crippen molar-refractivity contribution in [2.75, 3.05) is 7.11 Å². The van der Waals surface area contributed by atoms with Crippen LogP contribution in [0.1, 0.15) is 16.1 Å². The number of rotatable bonds is 4. The van der Waals surface area contributed by atoms with Crippen molar-refractivity contribution in [3.8, 4) is 5.75 Å². The molecule has 1 heterocycles. The first kappa shape index (κ1) is 13.8. The van der Waals surface area contributed by atoms with Gasteiger partial charge in [0.1, 0.15) is 11.4 Å². The van der Waals surface area contributed by atoms with Crippen molar-refractivity contribution in [1.29, 1.82) is 0 Å². The van der Waals surface area contributed by atoms with Gasteiger partial charge in [-0.1, -0.05) is 29.3 Å². The van der Waals surface area contributed by atoms with E-state index < -0.39 is 0 Å². The Morgan fingerprint density at radius 1 is 1.32 bits per heavy atom. The van der Waals surface area contributed by atoms with Crippen LogP contribution in [0.5, 0.6) is 5.75 Å². The molecule has 0 saturated carbocycles. The molecule has 0 spiro atoms. The molecule has 0 aliphatic rings. The molecule has 0 aliphatic carbocycles. The molecule has 3 nitrogen and oxygen atoms in total. The molecular formula is C14H11Cl2NO2. The molecule has 1 aromatic carbocycles. The Balaban J connectivity index is 2.26. The summed E-state index contributed by atoms with van der Waals surface area (Å²) >= 11 is 11.9. The maximum Gasteiger partial charge on any atom is 0.189 e. The number of ketones is 1. The average molecular weight is 296 g/mol. The van der Waals surface area contributed by atoms with E-state index in [0.717, 1.165) is 0 Å². The molecule has 2 rings (SSSR count). The predicted octanol–water partition coefficient (Wildman–Crippen LogP) is 3.82. The van der Waals surface area contributed by atoms with Crippen LogP contribution >= 0.6 is 23.2 Å². The molecule has 98 valence electrons. The van der Waals surface area contributed by atoms with Gasteiger partial charge in [-0.2, -0.15) is 0 Å². The fourth-order valence-electron chi connectivity index (χ4n) is 1.69. The minimum Gasteiger partial charge on any atom is -0.494 e. The number of benzene rings is 1. The van der Waals surface area contributed by atoms with Gasteiger partial charge in [0, 0.05) is 22.7 Å². The highest BCUT2D eigenvalue weighted by Crippen LogP contribution is 2.23. The van der Waals surface area contributed by atoms with Gasteiger partial charge in [0.15, 0.2) is 5.78 Å². The number of hydrogen-bond donors (Lipinski definition) is 0. The topological polar surface area (TPSA) is 39.2 Å². The zero-order valence-electron chi connectivity index (χ0n) is 10.2. The van der Waals surface area contributed by atoms with Crippen LogP contribution in [0.4, 0.5) is 0 Å². The zero-order valence-corrected chi connectivity index (χ0v) is 11.7. The molecule has 0 saturated heterocycles. The lowest BCUT2D eigenvalue weighted by molar-refractivity contribution is 0.0985. The summed E-state index contributed by atoms with van der Waals surface area (Å²) < 4.78 is 5.12. The molecule has 2 aromatic rings. The van der Waals surface area contributed by atoms with E-state index in [2.05, 4.69) is 4.98 Å². The molecule has 0 fully saturated rings. The van der Waals surface area contributed by atoms with Gasteiger partial charge in [-0.15, -0.1) is 0 Å². The fourth-order valence-corrected chi connectivity index (χ4v) is 2.16. The van der Waals surface area contributed by atoms with E-state index in [-0.39, 0.29) is 12.2 Å². The van der Waals surface area contributed by atoms with Gasteiger partial charge < -0.3 is 4.74 Å². The van der Waals surface area contributed by atoms with E-state index >= 15 is 0 Å². The van der Waals surface area contributed by atoms with Crippen LogP contribution in [0.15, 0.2) is 36.5 Å². The number of aromatic nitrogens is 1. The van der Waals surface area contributed by atoms with Gasteiger partial charge in [-0.05, 0) is 29.8 Å². The quantitative estimate of drug-likeness (QED) is 0.805. The molecule has 1 aromatic heterocycles. The molecule has 5 heteroatoms. The summed E-state index contributed by atoms with van der Waals surface area (Å²) in [6, 6.07) is 8.46. The minimum atomic E-state index is -0.151. The van der Waals surface area contributed by atoms with Crippen LogP contribution in [-0.2, 0) is 6.42 Å². The number of methoxy groups -OCH3 is 1. The lowest BCUT2D eigenvalue weighted by atomic mass is 10.1. The predicted molar refractivity (Wildman–Crippen MR) is 75.3 cm³/mol. The summed E-state index contributed by atoms with van der Waals surface area (Å²) in [4.78, 5) is 16.2. The van der Waals surface area contributed by atoms with Crippen LogP contribution in [0.2, 0.25) is 10.0 Å². The SMILES string of the molecule is COc1cccnc1C(=O)Cc1ccc(Cl)cc1Cl. The number of halogens is 2. The summed E-state index contributed by atoms with van der Waals surface area (Å²) in [7, 11) is 1.50. The third kappa shape index (κ3) is 3.25. The van der Waals surface area contributed by atoms with Gasteiger partial charge in [0.25, 0.3) is 0 Å². The molecule has 0 amide bonds. The number of Topliss-reactive ketones (excluding diaryl/α,β-unsaturated/α-hetero) is 1. The molecule has 0 unspecified atom stereocenters. The Hall–Kier alpha value is -1.58. The standard InChI is InChI=1S/C14H11Cl2NO2/c1-19-13-3-2-6-17-14(13)12(18)7-9-4-5-10(15)8-11(9)16/h2-6,8H,7H2,1H3. The highest BCUT2D eigenvalue weighted by Gasteiger charge is 2.15. The molecular weight excluding hydrogens is 285 g/mol. The molecule has 0 aliphatic heterocycles. The second-order valence-electron chi connectivity index (χ2n) is 3.89. The molecule has 0 atom stereocenters. The molecule has 0 N–H and O–H groups in total. The van der Waals surface area contributed by atoms with Gasteiger partial charge in [0.2, 0.25) is 0 Å². The first-order valence-electron chi connectivity index (χ1n) is 5.58. The summed E-state index contributed by atoms with van der Waals surface area (Å²) in [6.07, 6.45) is 1.71. The van der Waals surface area contributed by atoms with Crippen molar-refractivity contribution in [3.05, 3.63) is 57.8 Å². The normalized spacial score (nSPS) is 10.3. The number of pyridine rings is 1. The Bertz CT molecular complexity index is 614. The number of carbonyl (C=O) groups is 1. The Labute approximate surface area is 121 Å². The monoisotopic (exact) mass is 295 g/mol. The van der Waals surface area contributed by atoms with Gasteiger partial charge in [-0.25, -0.2) is 4.98 Å². The van der Waals surface area contributed by atoms with Crippen molar-refractivity contribution >= 4 is 29.0 Å². The van der Waals surface area contributed by atoms with E-state index in [1.807, 2.05) is 0 Å². The van der Waals surface area contributed by atoms with Crippen molar-refractivity contribution in [1.82, 2.24) is 4.98 Å². The van der Waals surface area contributed by atoms with Crippen LogP contribution in [0, 0.1) is 0 Å². The maximum atomic E-state index is 12.2. The maximum absolute atomic E-state index is 12.2. The van der Waals surface area contributed by atoms with E-state index in [4.69, 9.17) is 27.9 Å². The first-order valence-corrected chi connectivity index (χ1v) is 6.33. The molecule has 0 bridgehead atoms. The van der Waals surface area contributed by atoms with Crippen molar-refractivity contribution in [2.24, 2.45) is 0 Å². The third-order valence-corrected chi connectivity index (χ3v) is 3.21. The van der Waals surface area contributed by atoms with E-state index in [9.17, 15) is 4.79 Å². The van der Waals surface area contributed by atoms with Crippen molar-refractivity contribution < 1.29 is 9.53 Å². The fraction of sp³-hybridized carbons (Fsp3) is 0.143. The van der Waals surface area contributed by atoms with Crippen LogP contribution in [-0.4, -0.2) is 17.9 Å². The van der Waals surface area contributed by atoms with Crippen LogP contribution < -0.4 is 4.74 Å². The first-order chi connectivity index (χ1) is 9.11. The van der Waals surface area contributed by atoms with E-state index in [1.165, 1.54) is 7.11 Å². The molecule has 19 heavy (non-hydrogen) atoms. The highest BCUT2D eigenvalue weighted by molar-refractivity contribution is 6.35. The highest BCUT2D eigenvalue weighted by atomic mass is 35.5. The number of carbonyl (C=O) groups excluding carboxylic acids is 1. The number of nitrogens with zero attached hydrogens (tertiary/aromatic N) is 1. The Morgan fingerprint density at radius 3 is 2.79 bits per heavy atom.